The van der Waals surface area contributed by atoms with E-state index in [-0.39, 0.29) is 12.5 Å². The van der Waals surface area contributed by atoms with Crippen LogP contribution in [0.5, 0.6) is 0 Å². The Morgan fingerprint density at radius 1 is 1.25 bits per heavy atom. The van der Waals surface area contributed by atoms with E-state index >= 15 is 0 Å². The Bertz CT molecular complexity index is 719. The van der Waals surface area contributed by atoms with Gasteiger partial charge in [-0.05, 0) is 32.3 Å². The molecule has 0 bridgehead atoms. The summed E-state index contributed by atoms with van der Waals surface area (Å²) in [4.78, 5) is 38.3. The molecular formula is C20H28N2O6. The highest BCUT2D eigenvalue weighted by atomic mass is 16.6. The molecule has 8 nitrogen and oxygen atoms in total. The van der Waals surface area contributed by atoms with Crippen molar-refractivity contribution in [2.45, 2.75) is 65.1 Å². The molecule has 8 heteroatoms. The fraction of sp³-hybridized carbons (Fsp3) is 0.550. The summed E-state index contributed by atoms with van der Waals surface area (Å²) in [6, 6.07) is 7.09. The summed E-state index contributed by atoms with van der Waals surface area (Å²) >= 11 is 0. The fourth-order valence-electron chi connectivity index (χ4n) is 3.39. The molecule has 0 saturated carbocycles. The van der Waals surface area contributed by atoms with Crippen molar-refractivity contribution in [3.8, 4) is 0 Å². The van der Waals surface area contributed by atoms with Gasteiger partial charge >= 0.3 is 12.1 Å². The van der Waals surface area contributed by atoms with Crippen molar-refractivity contribution in [3.63, 3.8) is 0 Å². The Labute approximate surface area is 164 Å². The molecule has 154 valence electrons. The van der Waals surface area contributed by atoms with E-state index in [1.54, 1.807) is 34.6 Å². The molecule has 1 fully saturated rings. The SMILES string of the molecule is CC(C)[C@H](NC(=O)OCc1ccccc1)C(=O)N1[C@H](C(=O)O)[C@@H](C)OC1(C)C. The van der Waals surface area contributed by atoms with E-state index in [1.807, 2.05) is 30.3 Å². The fourth-order valence-corrected chi connectivity index (χ4v) is 3.39. The van der Waals surface area contributed by atoms with Crippen LogP contribution < -0.4 is 5.32 Å². The van der Waals surface area contributed by atoms with Crippen LogP contribution >= 0.6 is 0 Å². The van der Waals surface area contributed by atoms with E-state index in [2.05, 4.69) is 5.32 Å². The number of hydrogen-bond donors (Lipinski definition) is 2. The zero-order valence-corrected chi connectivity index (χ0v) is 16.8. The zero-order valence-electron chi connectivity index (χ0n) is 16.8. The Kier molecular flexibility index (Phi) is 6.66. The van der Waals surface area contributed by atoms with E-state index in [0.29, 0.717) is 0 Å². The summed E-state index contributed by atoms with van der Waals surface area (Å²) in [5.41, 5.74) is -0.290. The summed E-state index contributed by atoms with van der Waals surface area (Å²) in [6.07, 6.45) is -1.41. The third-order valence-electron chi connectivity index (χ3n) is 4.69. The first kappa shape index (κ1) is 21.7. The topological polar surface area (TPSA) is 105 Å². The highest BCUT2D eigenvalue weighted by molar-refractivity contribution is 5.90. The second kappa shape index (κ2) is 8.60. The smallest absolute Gasteiger partial charge is 0.408 e. The maximum atomic E-state index is 13.2. The lowest BCUT2D eigenvalue weighted by Gasteiger charge is -2.36. The second-order valence-corrected chi connectivity index (χ2v) is 7.69. The largest absolute Gasteiger partial charge is 0.480 e. The Balaban J connectivity index is 2.12. The first-order valence-electron chi connectivity index (χ1n) is 9.25. The van der Waals surface area contributed by atoms with Crippen LogP contribution in [-0.4, -0.2) is 51.9 Å². The number of benzene rings is 1. The summed E-state index contributed by atoms with van der Waals surface area (Å²) in [5.74, 6) is -1.95. The Morgan fingerprint density at radius 3 is 2.39 bits per heavy atom. The number of carbonyl (C=O) groups is 3. The van der Waals surface area contributed by atoms with Gasteiger partial charge in [-0.15, -0.1) is 0 Å². The molecule has 2 N–H and O–H groups in total. The predicted octanol–water partition coefficient (Wildman–Crippen LogP) is 2.37. The predicted molar refractivity (Wildman–Crippen MR) is 101 cm³/mol. The average molecular weight is 392 g/mol. The van der Waals surface area contributed by atoms with E-state index < -0.39 is 41.9 Å². The van der Waals surface area contributed by atoms with Gasteiger partial charge < -0.3 is 19.9 Å². The minimum Gasteiger partial charge on any atom is -0.480 e. The molecule has 2 rings (SSSR count). The van der Waals surface area contributed by atoms with Crippen LogP contribution in [0.4, 0.5) is 4.79 Å². The summed E-state index contributed by atoms with van der Waals surface area (Å²) < 4.78 is 10.9. The number of carboxylic acid groups (broad SMARTS) is 1. The molecule has 28 heavy (non-hydrogen) atoms. The number of nitrogens with one attached hydrogen (secondary N) is 1. The van der Waals surface area contributed by atoms with E-state index in [9.17, 15) is 19.5 Å². The van der Waals surface area contributed by atoms with Crippen molar-refractivity contribution >= 4 is 18.0 Å². The Morgan fingerprint density at radius 2 is 1.86 bits per heavy atom. The van der Waals surface area contributed by atoms with E-state index in [0.717, 1.165) is 5.56 Å². The standard InChI is InChI=1S/C20H28N2O6/c1-12(2)15(21-19(26)27-11-14-9-7-6-8-10-14)17(23)22-16(18(24)25)13(3)28-20(22,4)5/h6-10,12-13,15-16H,11H2,1-5H3,(H,21,26)(H,24,25)/t13-,15+,16+/m1/s1. The van der Waals surface area contributed by atoms with Gasteiger partial charge in [-0.3, -0.25) is 9.69 Å². The molecule has 3 atom stereocenters. The van der Waals surface area contributed by atoms with Gasteiger partial charge in [0.1, 0.15) is 18.4 Å². The first-order chi connectivity index (χ1) is 13.0. The van der Waals surface area contributed by atoms with Crippen molar-refractivity contribution in [3.05, 3.63) is 35.9 Å². The van der Waals surface area contributed by atoms with Gasteiger partial charge in [0.2, 0.25) is 5.91 Å². The number of amides is 2. The summed E-state index contributed by atoms with van der Waals surface area (Å²) in [6.45, 7) is 8.48. The summed E-state index contributed by atoms with van der Waals surface area (Å²) in [7, 11) is 0. The number of nitrogens with zero attached hydrogens (tertiary/aromatic N) is 1. The van der Waals surface area contributed by atoms with Gasteiger partial charge in [0.25, 0.3) is 0 Å². The maximum Gasteiger partial charge on any atom is 0.408 e. The van der Waals surface area contributed by atoms with Crippen LogP contribution in [0.1, 0.15) is 40.2 Å². The van der Waals surface area contributed by atoms with Crippen LogP contribution in [0.25, 0.3) is 0 Å². The van der Waals surface area contributed by atoms with Gasteiger partial charge in [-0.2, -0.15) is 0 Å². The molecule has 0 unspecified atom stereocenters. The number of ether oxygens (including phenoxy) is 2. The molecule has 0 radical (unpaired) electrons. The molecule has 1 aromatic rings. The quantitative estimate of drug-likeness (QED) is 0.770. The van der Waals surface area contributed by atoms with Crippen molar-refractivity contribution in [2.75, 3.05) is 0 Å². The van der Waals surface area contributed by atoms with Crippen molar-refractivity contribution < 1.29 is 29.0 Å². The van der Waals surface area contributed by atoms with Gasteiger partial charge in [-0.1, -0.05) is 44.2 Å². The molecule has 2 amide bonds. The molecule has 0 aromatic heterocycles. The van der Waals surface area contributed by atoms with Gasteiger partial charge in [0.15, 0.2) is 6.04 Å². The van der Waals surface area contributed by atoms with Crippen molar-refractivity contribution in [1.29, 1.82) is 0 Å². The molecule has 1 aliphatic rings. The van der Waals surface area contributed by atoms with Gasteiger partial charge in [-0.25, -0.2) is 9.59 Å². The zero-order chi connectivity index (χ0) is 21.1. The highest BCUT2D eigenvalue weighted by Gasteiger charge is 2.53. The molecule has 1 saturated heterocycles. The van der Waals surface area contributed by atoms with Crippen LogP contribution in [0.2, 0.25) is 0 Å². The van der Waals surface area contributed by atoms with E-state index in [4.69, 9.17) is 9.47 Å². The van der Waals surface area contributed by atoms with Crippen molar-refractivity contribution in [1.82, 2.24) is 10.2 Å². The highest BCUT2D eigenvalue weighted by Crippen LogP contribution is 2.33. The average Bonchev–Trinajstić information content (AvgIpc) is 2.86. The number of rotatable bonds is 6. The molecule has 1 heterocycles. The number of carbonyl (C=O) groups excluding carboxylic acids is 2. The third-order valence-corrected chi connectivity index (χ3v) is 4.69. The lowest BCUT2D eigenvalue weighted by Crippen LogP contribution is -2.59. The third kappa shape index (κ3) is 4.81. The van der Waals surface area contributed by atoms with Crippen LogP contribution in [0.3, 0.4) is 0 Å². The normalized spacial score (nSPS) is 22.0. The lowest BCUT2D eigenvalue weighted by molar-refractivity contribution is -0.157. The van der Waals surface area contributed by atoms with Crippen LogP contribution in [0.15, 0.2) is 30.3 Å². The minimum absolute atomic E-state index is 0.0682. The molecule has 0 spiro atoms. The number of alkyl carbamates (subject to hydrolysis) is 1. The first-order valence-corrected chi connectivity index (χ1v) is 9.25. The Hall–Kier alpha value is -2.61. The molecular weight excluding hydrogens is 364 g/mol. The van der Waals surface area contributed by atoms with Gasteiger partial charge in [0.05, 0.1) is 6.10 Å². The number of hydrogen-bond acceptors (Lipinski definition) is 5. The monoisotopic (exact) mass is 392 g/mol. The van der Waals surface area contributed by atoms with Crippen molar-refractivity contribution in [2.24, 2.45) is 5.92 Å². The van der Waals surface area contributed by atoms with Crippen LogP contribution in [-0.2, 0) is 25.7 Å². The molecule has 1 aromatic carbocycles. The minimum atomic E-state index is -1.15. The number of carboxylic acids is 1. The molecule has 1 aliphatic heterocycles. The van der Waals surface area contributed by atoms with Gasteiger partial charge in [0, 0.05) is 0 Å². The number of aliphatic carboxylic acids is 1. The summed E-state index contributed by atoms with van der Waals surface area (Å²) in [5, 5.41) is 12.1. The second-order valence-electron chi connectivity index (χ2n) is 7.69. The van der Waals surface area contributed by atoms with E-state index in [1.165, 1.54) is 4.90 Å². The van der Waals surface area contributed by atoms with Crippen LogP contribution in [0, 0.1) is 5.92 Å². The lowest BCUT2D eigenvalue weighted by atomic mass is 10.0. The maximum absolute atomic E-state index is 13.2. The molecule has 0 aliphatic carbocycles.